The van der Waals surface area contributed by atoms with E-state index in [4.69, 9.17) is 19.7 Å². The second kappa shape index (κ2) is 10.6. The van der Waals surface area contributed by atoms with Crippen molar-refractivity contribution >= 4 is 31.7 Å². The Morgan fingerprint density at radius 3 is 1.30 bits per heavy atom. The van der Waals surface area contributed by atoms with Crippen molar-refractivity contribution in [3.05, 3.63) is 126 Å². The SMILES string of the molecule is [C-]#[N+]C([N+]#[C-])=C1Cc2c(-c3cc(F)c(S(F)(F)(F)(F)F)c(F)c3)c3c(c(-c4cc(F)c(S(F)(F)(F)(F)F)c(F)c4)c2=C1[N+]#[C-])CC(=C(C#N)C#N)C=3C#N. The number of benzene rings is 3. The van der Waals surface area contributed by atoms with Crippen molar-refractivity contribution in [2.75, 3.05) is 0 Å². The van der Waals surface area contributed by atoms with Crippen LogP contribution in [0.4, 0.5) is 56.4 Å². The number of allylic oxidation sites excluding steroid dienone is 2. The van der Waals surface area contributed by atoms with Crippen LogP contribution in [0.25, 0.3) is 48.1 Å². The van der Waals surface area contributed by atoms with Crippen LogP contribution in [0.3, 0.4) is 0 Å². The van der Waals surface area contributed by atoms with Gasteiger partial charge in [0, 0.05) is 17.2 Å². The van der Waals surface area contributed by atoms with Gasteiger partial charge in [0.05, 0.1) is 17.7 Å². The van der Waals surface area contributed by atoms with Gasteiger partial charge in [-0.05, 0) is 69.3 Å². The van der Waals surface area contributed by atoms with Crippen molar-refractivity contribution in [1.29, 1.82) is 15.8 Å². The quantitative estimate of drug-likeness (QED) is 0.150. The van der Waals surface area contributed by atoms with Crippen molar-refractivity contribution < 1.29 is 56.4 Å². The third-order valence-electron chi connectivity index (χ3n) is 8.06. The molecule has 5 rings (SSSR count). The van der Waals surface area contributed by atoms with Crippen LogP contribution in [0.2, 0.25) is 0 Å². The molecule has 3 aromatic rings. The van der Waals surface area contributed by atoms with E-state index in [2.05, 4.69) is 14.5 Å². The van der Waals surface area contributed by atoms with E-state index in [1.807, 2.05) is 0 Å². The highest BCUT2D eigenvalue weighted by Gasteiger charge is 2.70. The minimum Gasteiger partial charge on any atom is -0.238 e. The number of fused-ring (bicyclic) bond motifs is 2. The van der Waals surface area contributed by atoms with Crippen molar-refractivity contribution in [3.63, 3.8) is 0 Å². The summed E-state index contributed by atoms with van der Waals surface area (Å²) in [4.78, 5) is 1.85. The van der Waals surface area contributed by atoms with E-state index in [0.29, 0.717) is 0 Å². The van der Waals surface area contributed by atoms with Crippen LogP contribution in [0, 0.1) is 77.0 Å². The second-order valence-corrected chi connectivity index (χ2v) is 16.0. The second-order valence-electron chi connectivity index (χ2n) is 11.3. The van der Waals surface area contributed by atoms with Gasteiger partial charge in [-0.2, -0.15) is 25.5 Å². The molecule has 3 aromatic carbocycles. The van der Waals surface area contributed by atoms with E-state index < -0.39 is 144 Å². The third-order valence-corrected chi connectivity index (χ3v) is 10.4. The Balaban J connectivity index is 2.18. The van der Waals surface area contributed by atoms with Gasteiger partial charge in [0.2, 0.25) is 0 Å². The molecule has 2 aliphatic rings. The number of nitrogens with zero attached hydrogens (tertiary/aromatic N) is 6. The molecular weight excluding hydrogens is 798 g/mol. The highest BCUT2D eigenvalue weighted by molar-refractivity contribution is 8.46. The molecule has 0 radical (unpaired) electrons. The van der Waals surface area contributed by atoms with Crippen LogP contribution in [0.1, 0.15) is 11.1 Å². The lowest BCUT2D eigenvalue weighted by molar-refractivity contribution is 0.341. The normalized spacial score (nSPS) is 16.1. The smallest absolute Gasteiger partial charge is 0.238 e. The summed E-state index contributed by atoms with van der Waals surface area (Å²) in [6.45, 7) is 22.6. The molecule has 276 valence electrons. The molecule has 2 aliphatic carbocycles. The number of nitriles is 3. The molecule has 0 unspecified atom stereocenters. The van der Waals surface area contributed by atoms with Crippen LogP contribution in [0.5, 0.6) is 0 Å². The first-order valence-electron chi connectivity index (χ1n) is 13.7. The Bertz CT molecular complexity index is 2560. The first-order chi connectivity index (χ1) is 24.5. The maximum Gasteiger partial charge on any atom is 0.512 e. The lowest BCUT2D eigenvalue weighted by Crippen LogP contribution is -2.25. The zero-order valence-electron chi connectivity index (χ0n) is 25.5. The zero-order valence-corrected chi connectivity index (χ0v) is 27.1. The first kappa shape index (κ1) is 38.8. The molecule has 0 bridgehead atoms. The predicted molar refractivity (Wildman–Crippen MR) is 164 cm³/mol. The van der Waals surface area contributed by atoms with Gasteiger partial charge in [0.15, 0.2) is 15.5 Å². The number of rotatable bonds is 4. The Labute approximate surface area is 292 Å². The maximum atomic E-state index is 15.1. The first-order valence-corrected chi connectivity index (χ1v) is 17.6. The van der Waals surface area contributed by atoms with Crippen LogP contribution < -0.4 is 10.4 Å². The molecule has 0 aromatic heterocycles. The van der Waals surface area contributed by atoms with Crippen LogP contribution in [-0.2, 0) is 12.8 Å². The standard InChI is InChI=1S/C32H8F14N6S2/c1-50-29-19(32(51-2)52-3)9-18-25(13-4-21(33)30(22(34)5-13)53(37,38,39,40)41)27-17(8-16(20(27)12-49)15(10-47)11-48)26(28(18)29)14-6-23(35)31(24(36)7-14)54(42,43,44,45)46/h4-7H,8-9H2. The van der Waals surface area contributed by atoms with E-state index in [1.165, 1.54) is 18.2 Å². The highest BCUT2D eigenvalue weighted by atomic mass is 32.5. The Morgan fingerprint density at radius 1 is 0.593 bits per heavy atom. The van der Waals surface area contributed by atoms with Gasteiger partial charge in [-0.3, -0.25) is 0 Å². The van der Waals surface area contributed by atoms with Gasteiger partial charge in [0.1, 0.15) is 60.2 Å². The summed E-state index contributed by atoms with van der Waals surface area (Å²) in [6.07, 6.45) is -1.89. The van der Waals surface area contributed by atoms with E-state index in [1.54, 1.807) is 0 Å². The van der Waals surface area contributed by atoms with Gasteiger partial charge in [-0.25, -0.2) is 22.4 Å². The molecule has 6 nitrogen and oxygen atoms in total. The fourth-order valence-corrected chi connectivity index (χ4v) is 8.03. The van der Waals surface area contributed by atoms with Crippen LogP contribution >= 0.6 is 20.4 Å². The lowest BCUT2D eigenvalue weighted by atomic mass is 9.86. The fourth-order valence-electron chi connectivity index (χ4n) is 6.32. The zero-order chi connectivity index (χ0) is 40.8. The van der Waals surface area contributed by atoms with E-state index >= 15 is 17.6 Å². The summed E-state index contributed by atoms with van der Waals surface area (Å²) in [5.41, 5.74) is -8.94. The highest BCUT2D eigenvalue weighted by Crippen LogP contribution is 3.03. The largest absolute Gasteiger partial charge is 0.512 e. The Morgan fingerprint density at radius 2 is 0.963 bits per heavy atom. The summed E-state index contributed by atoms with van der Waals surface area (Å²) < 4.78 is 197. The topological polar surface area (TPSA) is 84.5 Å². The number of hydrogen-bond donors (Lipinski definition) is 0. The number of hydrogen-bond acceptors (Lipinski definition) is 3. The third kappa shape index (κ3) is 6.12. The molecular formula is C32H8F14N6S2. The monoisotopic (exact) mass is 806 g/mol. The Hall–Kier alpha value is -6.46. The average molecular weight is 807 g/mol. The van der Waals surface area contributed by atoms with Crippen molar-refractivity contribution in [1.82, 2.24) is 0 Å². The van der Waals surface area contributed by atoms with E-state index in [0.717, 1.165) is 0 Å². The van der Waals surface area contributed by atoms with Crippen LogP contribution in [0.15, 0.2) is 56.6 Å². The minimum absolute atomic E-state index is 0.272. The summed E-state index contributed by atoms with van der Waals surface area (Å²) >= 11 is 0. The lowest BCUT2D eigenvalue weighted by Gasteiger charge is -2.40. The van der Waals surface area contributed by atoms with Crippen LogP contribution in [-0.4, -0.2) is 0 Å². The summed E-state index contributed by atoms with van der Waals surface area (Å²) in [5.74, 6) is -12.6. The predicted octanol–water partition coefficient (Wildman–Crippen LogP) is 11.1. The van der Waals surface area contributed by atoms with Crippen molar-refractivity contribution in [3.8, 4) is 40.5 Å². The molecule has 54 heavy (non-hydrogen) atoms. The molecule has 22 heteroatoms. The summed E-state index contributed by atoms with van der Waals surface area (Å²) in [7, 11) is -22.3. The van der Waals surface area contributed by atoms with Gasteiger partial charge in [-0.15, -0.1) is 0 Å². The molecule has 0 saturated heterocycles. The maximum absolute atomic E-state index is 15.1. The molecule has 0 spiro atoms. The number of halogens is 14. The average Bonchev–Trinajstić information content (AvgIpc) is 3.55. The molecule has 0 atom stereocenters. The molecule has 0 N–H and O–H groups in total. The van der Waals surface area contributed by atoms with Gasteiger partial charge in [0.25, 0.3) is 0 Å². The van der Waals surface area contributed by atoms with Crippen molar-refractivity contribution in [2.45, 2.75) is 22.6 Å². The van der Waals surface area contributed by atoms with E-state index in [-0.39, 0.29) is 24.3 Å². The fraction of sp³-hybridized carbons (Fsp3) is 0.0625. The summed E-state index contributed by atoms with van der Waals surface area (Å²) in [6, 6.07) is 3.23. The van der Waals surface area contributed by atoms with E-state index in [9.17, 15) is 54.6 Å². The Kier molecular flexibility index (Phi) is 7.59. The van der Waals surface area contributed by atoms with Gasteiger partial charge >= 0.3 is 26.3 Å². The molecule has 0 aliphatic heterocycles. The molecule has 0 fully saturated rings. The molecule has 0 saturated carbocycles. The van der Waals surface area contributed by atoms with Gasteiger partial charge < -0.3 is 0 Å². The summed E-state index contributed by atoms with van der Waals surface area (Å²) in [5, 5.41) is 27.9. The van der Waals surface area contributed by atoms with Crippen molar-refractivity contribution in [2.24, 2.45) is 0 Å². The van der Waals surface area contributed by atoms with Gasteiger partial charge in [-0.1, -0.05) is 38.9 Å². The minimum atomic E-state index is -11.1. The molecule has 0 heterocycles. The molecule has 0 amide bonds.